The SMILES string of the molecule is CC1(C)CCC(O)CN1C(=O)CCC1CCCC1. The molecular formula is C15H27NO2. The molecule has 0 spiro atoms. The molecule has 1 aliphatic carbocycles. The van der Waals surface area contributed by atoms with Crippen molar-refractivity contribution in [1.29, 1.82) is 0 Å². The molecule has 3 nitrogen and oxygen atoms in total. The van der Waals surface area contributed by atoms with E-state index in [-0.39, 0.29) is 17.6 Å². The first-order chi connectivity index (χ1) is 8.49. The molecule has 104 valence electrons. The van der Waals surface area contributed by atoms with E-state index in [1.807, 2.05) is 4.90 Å². The molecule has 3 heteroatoms. The second-order valence-corrected chi connectivity index (χ2v) is 6.70. The van der Waals surface area contributed by atoms with Crippen molar-refractivity contribution in [2.24, 2.45) is 5.92 Å². The molecule has 1 saturated heterocycles. The average molecular weight is 253 g/mol. The summed E-state index contributed by atoms with van der Waals surface area (Å²) in [5, 5.41) is 9.75. The van der Waals surface area contributed by atoms with Crippen LogP contribution in [-0.2, 0) is 4.79 Å². The molecule has 1 amide bonds. The van der Waals surface area contributed by atoms with Crippen LogP contribution >= 0.6 is 0 Å². The summed E-state index contributed by atoms with van der Waals surface area (Å²) in [6, 6.07) is 0. The van der Waals surface area contributed by atoms with Crippen molar-refractivity contribution in [2.45, 2.75) is 76.9 Å². The van der Waals surface area contributed by atoms with Gasteiger partial charge in [-0.05, 0) is 39.0 Å². The topological polar surface area (TPSA) is 40.5 Å². The van der Waals surface area contributed by atoms with Crippen LogP contribution in [0.4, 0.5) is 0 Å². The number of β-amino-alcohol motifs (C(OH)–C–C–N with tert-alkyl or cyclic N) is 1. The minimum Gasteiger partial charge on any atom is -0.391 e. The third-order valence-corrected chi connectivity index (χ3v) is 4.76. The van der Waals surface area contributed by atoms with Crippen LogP contribution in [-0.4, -0.2) is 34.1 Å². The Hall–Kier alpha value is -0.570. The lowest BCUT2D eigenvalue weighted by Gasteiger charge is -2.44. The number of aliphatic hydroxyl groups is 1. The van der Waals surface area contributed by atoms with Gasteiger partial charge in [-0.15, -0.1) is 0 Å². The maximum absolute atomic E-state index is 12.3. The lowest BCUT2D eigenvalue weighted by atomic mass is 9.88. The Morgan fingerprint density at radius 1 is 1.28 bits per heavy atom. The van der Waals surface area contributed by atoms with Gasteiger partial charge in [0.1, 0.15) is 0 Å². The second-order valence-electron chi connectivity index (χ2n) is 6.70. The lowest BCUT2D eigenvalue weighted by molar-refractivity contribution is -0.142. The molecule has 0 radical (unpaired) electrons. The Morgan fingerprint density at radius 2 is 1.94 bits per heavy atom. The summed E-state index contributed by atoms with van der Waals surface area (Å²) < 4.78 is 0. The first-order valence-corrected chi connectivity index (χ1v) is 7.47. The second kappa shape index (κ2) is 5.60. The van der Waals surface area contributed by atoms with E-state index in [0.29, 0.717) is 13.0 Å². The van der Waals surface area contributed by atoms with Crippen LogP contribution in [0.1, 0.15) is 65.2 Å². The van der Waals surface area contributed by atoms with Gasteiger partial charge in [0.25, 0.3) is 0 Å². The number of piperidine rings is 1. The molecule has 1 N–H and O–H groups in total. The molecule has 0 bridgehead atoms. The molecule has 0 aromatic carbocycles. The van der Waals surface area contributed by atoms with Crippen LogP contribution in [0.2, 0.25) is 0 Å². The van der Waals surface area contributed by atoms with Gasteiger partial charge in [-0.2, -0.15) is 0 Å². The van der Waals surface area contributed by atoms with E-state index in [9.17, 15) is 9.90 Å². The first-order valence-electron chi connectivity index (χ1n) is 7.47. The number of hydrogen-bond donors (Lipinski definition) is 1. The zero-order valence-electron chi connectivity index (χ0n) is 11.8. The summed E-state index contributed by atoms with van der Waals surface area (Å²) in [5.74, 6) is 1.01. The van der Waals surface area contributed by atoms with Crippen molar-refractivity contribution in [3.05, 3.63) is 0 Å². The van der Waals surface area contributed by atoms with Gasteiger partial charge in [0.15, 0.2) is 0 Å². The van der Waals surface area contributed by atoms with E-state index in [1.54, 1.807) is 0 Å². The maximum Gasteiger partial charge on any atom is 0.223 e. The fraction of sp³-hybridized carbons (Fsp3) is 0.933. The summed E-state index contributed by atoms with van der Waals surface area (Å²) in [5.41, 5.74) is -0.0774. The molecule has 2 rings (SSSR count). The molecule has 18 heavy (non-hydrogen) atoms. The summed E-state index contributed by atoms with van der Waals surface area (Å²) in [6.07, 6.45) is 8.40. The lowest BCUT2D eigenvalue weighted by Crippen LogP contribution is -2.54. The highest BCUT2D eigenvalue weighted by Crippen LogP contribution is 2.31. The highest BCUT2D eigenvalue weighted by Gasteiger charge is 2.36. The summed E-state index contributed by atoms with van der Waals surface area (Å²) in [6.45, 7) is 4.76. The molecule has 2 aliphatic rings. The minimum absolute atomic E-state index is 0.0774. The van der Waals surface area contributed by atoms with Crippen molar-refractivity contribution in [3.8, 4) is 0 Å². The van der Waals surface area contributed by atoms with E-state index in [0.717, 1.165) is 25.2 Å². The molecule has 0 aromatic rings. The van der Waals surface area contributed by atoms with Crippen LogP contribution in [0, 0.1) is 5.92 Å². The number of likely N-dealkylation sites (tertiary alicyclic amines) is 1. The normalized spacial score (nSPS) is 28.6. The van der Waals surface area contributed by atoms with E-state index < -0.39 is 0 Å². The molecule has 1 saturated carbocycles. The number of rotatable bonds is 3. The van der Waals surface area contributed by atoms with Gasteiger partial charge in [0.2, 0.25) is 5.91 Å². The van der Waals surface area contributed by atoms with E-state index in [1.165, 1.54) is 25.7 Å². The van der Waals surface area contributed by atoms with Crippen LogP contribution in [0.25, 0.3) is 0 Å². The molecule has 0 aromatic heterocycles. The Balaban J connectivity index is 1.85. The van der Waals surface area contributed by atoms with Crippen molar-refractivity contribution in [1.82, 2.24) is 4.90 Å². The van der Waals surface area contributed by atoms with Gasteiger partial charge in [0.05, 0.1) is 6.10 Å². The van der Waals surface area contributed by atoms with Crippen LogP contribution in [0.5, 0.6) is 0 Å². The molecule has 2 fully saturated rings. The highest BCUT2D eigenvalue weighted by atomic mass is 16.3. The number of amides is 1. The summed E-state index contributed by atoms with van der Waals surface area (Å²) in [7, 11) is 0. The number of aliphatic hydroxyl groups excluding tert-OH is 1. The molecule has 1 aliphatic heterocycles. The fourth-order valence-electron chi connectivity index (χ4n) is 3.40. The Morgan fingerprint density at radius 3 is 2.61 bits per heavy atom. The largest absolute Gasteiger partial charge is 0.391 e. The van der Waals surface area contributed by atoms with Crippen molar-refractivity contribution in [3.63, 3.8) is 0 Å². The quantitative estimate of drug-likeness (QED) is 0.840. The molecule has 1 atom stereocenters. The Labute approximate surface area is 111 Å². The van der Waals surface area contributed by atoms with E-state index >= 15 is 0 Å². The van der Waals surface area contributed by atoms with Gasteiger partial charge in [-0.1, -0.05) is 25.7 Å². The molecular weight excluding hydrogens is 226 g/mol. The van der Waals surface area contributed by atoms with Gasteiger partial charge in [-0.3, -0.25) is 4.79 Å². The number of carbonyl (C=O) groups is 1. The third-order valence-electron chi connectivity index (χ3n) is 4.76. The monoisotopic (exact) mass is 253 g/mol. The molecule has 1 heterocycles. The van der Waals surface area contributed by atoms with Crippen LogP contribution < -0.4 is 0 Å². The third kappa shape index (κ3) is 3.25. The van der Waals surface area contributed by atoms with Gasteiger partial charge in [0, 0.05) is 18.5 Å². The minimum atomic E-state index is -0.326. The predicted molar refractivity (Wildman–Crippen MR) is 72.2 cm³/mol. The summed E-state index contributed by atoms with van der Waals surface area (Å²) in [4.78, 5) is 14.2. The standard InChI is InChI=1S/C15H27NO2/c1-15(2)10-9-13(17)11-16(15)14(18)8-7-12-5-3-4-6-12/h12-13,17H,3-11H2,1-2H3. The van der Waals surface area contributed by atoms with Crippen molar-refractivity contribution >= 4 is 5.91 Å². The first kappa shape index (κ1) is 13.9. The highest BCUT2D eigenvalue weighted by molar-refractivity contribution is 5.77. The number of carbonyl (C=O) groups excluding carboxylic acids is 1. The smallest absolute Gasteiger partial charge is 0.223 e. The average Bonchev–Trinajstić information content (AvgIpc) is 2.82. The maximum atomic E-state index is 12.3. The van der Waals surface area contributed by atoms with E-state index in [4.69, 9.17) is 0 Å². The van der Waals surface area contributed by atoms with Gasteiger partial charge in [-0.25, -0.2) is 0 Å². The van der Waals surface area contributed by atoms with Crippen LogP contribution in [0.3, 0.4) is 0 Å². The van der Waals surface area contributed by atoms with Gasteiger partial charge < -0.3 is 10.0 Å². The number of hydrogen-bond acceptors (Lipinski definition) is 2. The Bertz CT molecular complexity index is 295. The van der Waals surface area contributed by atoms with E-state index in [2.05, 4.69) is 13.8 Å². The fourth-order valence-corrected chi connectivity index (χ4v) is 3.40. The van der Waals surface area contributed by atoms with Gasteiger partial charge >= 0.3 is 0 Å². The zero-order valence-corrected chi connectivity index (χ0v) is 11.8. The van der Waals surface area contributed by atoms with Crippen LogP contribution in [0.15, 0.2) is 0 Å². The summed E-state index contributed by atoms with van der Waals surface area (Å²) >= 11 is 0. The zero-order chi connectivity index (χ0) is 13.2. The Kier molecular flexibility index (Phi) is 4.31. The number of nitrogens with zero attached hydrogens (tertiary/aromatic N) is 1. The van der Waals surface area contributed by atoms with Crippen molar-refractivity contribution < 1.29 is 9.90 Å². The molecule has 1 unspecified atom stereocenters. The van der Waals surface area contributed by atoms with Crippen molar-refractivity contribution in [2.75, 3.05) is 6.54 Å². The predicted octanol–water partition coefficient (Wildman–Crippen LogP) is 2.72.